The first-order chi connectivity index (χ1) is 20.6. The molecular weight excluding hydrogens is 582 g/mol. The maximum absolute atomic E-state index is 12.9. The summed E-state index contributed by atoms with van der Waals surface area (Å²) in [6.07, 6.45) is 12.9. The number of carbonyl (C=O) groups excluding carboxylic acids is 1. The van der Waals surface area contributed by atoms with Crippen LogP contribution in [-0.4, -0.2) is 59.4 Å². The van der Waals surface area contributed by atoms with Crippen molar-refractivity contribution in [3.63, 3.8) is 0 Å². The molecule has 1 fully saturated rings. The molecule has 1 amide bonds. The van der Waals surface area contributed by atoms with Crippen molar-refractivity contribution in [1.82, 2.24) is 9.62 Å². The van der Waals surface area contributed by atoms with E-state index in [1.165, 1.54) is 11.1 Å². The molecule has 4 rings (SSSR count). The lowest BCUT2D eigenvalue weighted by atomic mass is 9.64. The van der Waals surface area contributed by atoms with Crippen molar-refractivity contribution >= 4 is 35.2 Å². The molecule has 7 nitrogen and oxygen atoms in total. The molecule has 2 aliphatic heterocycles. The molecule has 0 spiro atoms. The van der Waals surface area contributed by atoms with Crippen molar-refractivity contribution in [1.29, 1.82) is 0 Å². The second-order valence-electron chi connectivity index (χ2n) is 12.4. The summed E-state index contributed by atoms with van der Waals surface area (Å²) in [5, 5.41) is 0.548. The van der Waals surface area contributed by atoms with Crippen molar-refractivity contribution in [2.75, 3.05) is 26.8 Å². The van der Waals surface area contributed by atoms with Gasteiger partial charge in [-0.15, -0.1) is 0 Å². The topological polar surface area (TPSA) is 80.2 Å². The van der Waals surface area contributed by atoms with Gasteiger partial charge in [0.15, 0.2) is 11.6 Å². The van der Waals surface area contributed by atoms with Crippen LogP contribution in [-0.2, 0) is 31.7 Å². The largest absolute Gasteiger partial charge is 0.489 e. The predicted octanol–water partition coefficient (Wildman–Crippen LogP) is 6.72. The summed E-state index contributed by atoms with van der Waals surface area (Å²) >= 11 is 6.41. The molecule has 1 aromatic rings. The lowest BCUT2D eigenvalue weighted by Crippen LogP contribution is -2.49. The summed E-state index contributed by atoms with van der Waals surface area (Å²) in [6, 6.07) is 6.17. The van der Waals surface area contributed by atoms with E-state index in [-0.39, 0.29) is 29.4 Å². The minimum absolute atomic E-state index is 0.0855. The van der Waals surface area contributed by atoms with Crippen LogP contribution < -0.4 is 4.72 Å². The van der Waals surface area contributed by atoms with Gasteiger partial charge >= 0.3 is 0 Å². The number of allylic oxidation sites excluding steroid dienone is 2. The van der Waals surface area contributed by atoms with Crippen LogP contribution in [0.3, 0.4) is 0 Å². The molecule has 1 N–H and O–H groups in total. The van der Waals surface area contributed by atoms with Crippen molar-refractivity contribution in [3.05, 3.63) is 70.2 Å². The molecule has 0 radical (unpaired) electrons. The molecule has 3 aliphatic rings. The maximum atomic E-state index is 12.9. The minimum Gasteiger partial charge on any atom is -0.489 e. The van der Waals surface area contributed by atoms with Crippen LogP contribution in [0.25, 0.3) is 0 Å². The number of hydrogen-bond acceptors (Lipinski definition) is 6. The van der Waals surface area contributed by atoms with E-state index in [0.717, 1.165) is 50.2 Å². The number of halogens is 1. The van der Waals surface area contributed by atoms with Crippen LogP contribution in [0, 0.1) is 17.8 Å². The number of aliphatic imine (C=N–C) groups is 1. The number of methoxy groups -OCH3 is 1. The number of nitrogens with zero attached hydrogens (tertiary/aromatic N) is 2. The average Bonchev–Trinajstić information content (AvgIpc) is 3.13. The Bertz CT molecular complexity index is 1280. The van der Waals surface area contributed by atoms with E-state index in [2.05, 4.69) is 66.4 Å². The van der Waals surface area contributed by atoms with E-state index in [9.17, 15) is 9.00 Å². The quantitative estimate of drug-likeness (QED) is 0.289. The van der Waals surface area contributed by atoms with Gasteiger partial charge < -0.3 is 14.4 Å². The highest BCUT2D eigenvalue weighted by Gasteiger charge is 2.45. The summed E-state index contributed by atoms with van der Waals surface area (Å²) in [6.45, 7) is 14.3. The highest BCUT2D eigenvalue weighted by molar-refractivity contribution is 7.84. The van der Waals surface area contributed by atoms with Crippen LogP contribution in [0.15, 0.2) is 59.1 Å². The molecule has 7 atom stereocenters. The number of amides is 1. The van der Waals surface area contributed by atoms with Gasteiger partial charge in [0.1, 0.15) is 11.0 Å². The van der Waals surface area contributed by atoms with E-state index in [4.69, 9.17) is 21.1 Å². The monoisotopic (exact) mass is 629 g/mol. The number of aryl methyl sites for hydroxylation is 1. The highest BCUT2D eigenvalue weighted by Crippen LogP contribution is 2.45. The second kappa shape index (κ2) is 15.0. The smallest absolute Gasteiger partial charge is 0.235 e. The fourth-order valence-electron chi connectivity index (χ4n) is 6.53. The summed E-state index contributed by atoms with van der Waals surface area (Å²) in [5.41, 5.74) is 2.06. The molecule has 6 unspecified atom stereocenters. The summed E-state index contributed by atoms with van der Waals surface area (Å²) in [5.74, 6) is 1.93. The van der Waals surface area contributed by atoms with E-state index >= 15 is 0 Å². The summed E-state index contributed by atoms with van der Waals surface area (Å²) in [7, 11) is 0.296. The number of nitrogens with one attached hydrogen (secondary N) is 1. The van der Waals surface area contributed by atoms with Gasteiger partial charge in [0.25, 0.3) is 0 Å². The van der Waals surface area contributed by atoms with E-state index < -0.39 is 16.6 Å². The van der Waals surface area contributed by atoms with Crippen molar-refractivity contribution in [2.45, 2.75) is 83.0 Å². The fraction of sp³-hybridized carbons (Fsp3) is 0.588. The van der Waals surface area contributed by atoms with Gasteiger partial charge in [-0.3, -0.25) is 9.52 Å². The van der Waals surface area contributed by atoms with Crippen molar-refractivity contribution < 1.29 is 18.5 Å². The Kier molecular flexibility index (Phi) is 11.7. The number of rotatable bonds is 5. The van der Waals surface area contributed by atoms with Gasteiger partial charge in [0.2, 0.25) is 5.91 Å². The molecule has 1 saturated carbocycles. The number of benzene rings is 1. The van der Waals surface area contributed by atoms with E-state index in [0.29, 0.717) is 30.0 Å². The van der Waals surface area contributed by atoms with Crippen LogP contribution in [0.4, 0.5) is 0 Å². The number of fused-ring (bicyclic) bond motifs is 2. The fourth-order valence-corrected chi connectivity index (χ4v) is 7.75. The number of hydrogen-bond donors (Lipinski definition) is 1. The Morgan fingerprint density at radius 1 is 1.26 bits per heavy atom. The zero-order valence-electron chi connectivity index (χ0n) is 26.3. The van der Waals surface area contributed by atoms with Gasteiger partial charge in [-0.1, -0.05) is 56.2 Å². The zero-order chi connectivity index (χ0) is 31.1. The molecule has 1 aliphatic carbocycles. The molecule has 2 heterocycles. The maximum Gasteiger partial charge on any atom is 0.235 e. The van der Waals surface area contributed by atoms with Crippen LogP contribution in [0.2, 0.25) is 5.02 Å². The lowest BCUT2D eigenvalue weighted by Gasteiger charge is -2.48. The van der Waals surface area contributed by atoms with Gasteiger partial charge in [-0.25, -0.2) is 9.20 Å². The number of carbonyl (C=O) groups is 1. The normalized spacial score (nSPS) is 33.9. The van der Waals surface area contributed by atoms with Gasteiger partial charge in [-0.05, 0) is 93.3 Å². The first kappa shape index (κ1) is 33.5. The molecular formula is C34H48ClN3O4S. The summed E-state index contributed by atoms with van der Waals surface area (Å²) < 4.78 is 28.2. The van der Waals surface area contributed by atoms with E-state index in [1.807, 2.05) is 19.1 Å². The Labute approximate surface area is 265 Å². The van der Waals surface area contributed by atoms with Crippen LogP contribution in [0.1, 0.15) is 76.8 Å². The standard InChI is InChI=1S/C34H48ClN3O4S/c1-7-10-25-19-28(35)15-16-29(25)27-21-38-20-26-14-17-30(26)34(4,41-6)18-9-11-23(2)24(3)43(40)37-32(39)13-8-12-31(42-22-27)33(38)36-5/h8-9,12,15-16,18-19,23-24,26-27,30H,5,7,10-11,13-14,17,20-22H2,1-4,6H3,(H,37,39)/b12-8-,18-9+/t23?,24?,26?,27?,30?,34-,43?/m0/s1. The molecule has 2 bridgehead atoms. The van der Waals surface area contributed by atoms with Crippen LogP contribution in [0.5, 0.6) is 0 Å². The van der Waals surface area contributed by atoms with Gasteiger partial charge in [0.05, 0.1) is 17.5 Å². The molecule has 0 saturated heterocycles. The zero-order valence-corrected chi connectivity index (χ0v) is 27.9. The minimum atomic E-state index is -1.49. The Morgan fingerprint density at radius 2 is 2.05 bits per heavy atom. The lowest BCUT2D eigenvalue weighted by molar-refractivity contribution is -0.118. The molecule has 9 heteroatoms. The predicted molar refractivity (Wildman–Crippen MR) is 176 cm³/mol. The van der Waals surface area contributed by atoms with Crippen molar-refractivity contribution in [2.24, 2.45) is 22.7 Å². The third kappa shape index (κ3) is 8.00. The average molecular weight is 630 g/mol. The third-order valence-electron chi connectivity index (χ3n) is 9.55. The molecule has 1 aromatic carbocycles. The van der Waals surface area contributed by atoms with Crippen molar-refractivity contribution in [3.8, 4) is 0 Å². The molecule has 236 valence electrons. The first-order valence-electron chi connectivity index (χ1n) is 15.6. The van der Waals surface area contributed by atoms with Crippen LogP contribution >= 0.6 is 11.6 Å². The van der Waals surface area contributed by atoms with E-state index in [1.54, 1.807) is 13.2 Å². The second-order valence-corrected chi connectivity index (χ2v) is 14.4. The molecule has 0 aromatic heterocycles. The Morgan fingerprint density at radius 3 is 2.72 bits per heavy atom. The van der Waals surface area contributed by atoms with Gasteiger partial charge in [-0.2, -0.15) is 0 Å². The first-order valence-corrected chi connectivity index (χ1v) is 17.2. The third-order valence-corrected chi connectivity index (χ3v) is 11.3. The Hall–Kier alpha value is -2.42. The molecule has 43 heavy (non-hydrogen) atoms. The SMILES string of the molecule is C=NC1=C2/C=C\CC(=O)NS(=O)C(C)C(C)C/C=C/[C@](C)(OC)C3CCC3CN1CC(c1ccc(Cl)cc1CCC)CO2. The number of ether oxygens (including phenoxy) is 2. The highest BCUT2D eigenvalue weighted by atomic mass is 35.5. The van der Waals surface area contributed by atoms with Gasteiger partial charge in [0, 0.05) is 37.6 Å². The summed E-state index contributed by atoms with van der Waals surface area (Å²) in [4.78, 5) is 19.5. The Balaban J connectivity index is 1.72.